The number of benzene rings is 2. The van der Waals surface area contributed by atoms with Crippen LogP contribution >= 0.6 is 22.9 Å². The number of amides is 3. The second kappa shape index (κ2) is 12.7. The van der Waals surface area contributed by atoms with E-state index >= 15 is 0 Å². The third kappa shape index (κ3) is 6.68. The summed E-state index contributed by atoms with van der Waals surface area (Å²) >= 11 is 7.59. The van der Waals surface area contributed by atoms with Gasteiger partial charge in [0.05, 0.1) is 30.3 Å². The number of carbonyl (C=O) groups excluding carboxylic acids is 3. The highest BCUT2D eigenvalue weighted by Gasteiger charge is 2.35. The largest absolute Gasteiger partial charge is 0.495 e. The van der Waals surface area contributed by atoms with Gasteiger partial charge in [0.25, 0.3) is 5.91 Å². The lowest BCUT2D eigenvalue weighted by Crippen LogP contribution is -2.48. The Bertz CT molecular complexity index is 1220. The lowest BCUT2D eigenvalue weighted by Gasteiger charge is -2.33. The first-order valence-electron chi connectivity index (χ1n) is 11.9. The van der Waals surface area contributed by atoms with Gasteiger partial charge in [0, 0.05) is 18.2 Å². The minimum absolute atomic E-state index is 0.0738. The number of nitrogens with one attached hydrogen (secondary N) is 2. The van der Waals surface area contributed by atoms with Gasteiger partial charge in [0.1, 0.15) is 11.8 Å². The monoisotopic (exact) mass is 541 g/mol. The first-order chi connectivity index (χ1) is 18.0. The summed E-state index contributed by atoms with van der Waals surface area (Å²) in [5.74, 6) is -0.913. The topological polar surface area (TPSA) is 97.0 Å². The van der Waals surface area contributed by atoms with Gasteiger partial charge in [0.2, 0.25) is 11.8 Å². The lowest BCUT2D eigenvalue weighted by molar-refractivity contribution is -0.126. The van der Waals surface area contributed by atoms with E-state index in [4.69, 9.17) is 21.1 Å². The van der Waals surface area contributed by atoms with Gasteiger partial charge < -0.3 is 20.1 Å². The van der Waals surface area contributed by atoms with E-state index in [1.165, 1.54) is 23.3 Å². The smallest absolute Gasteiger partial charge is 0.261 e. The van der Waals surface area contributed by atoms with Gasteiger partial charge in [-0.05, 0) is 48.1 Å². The molecule has 0 aliphatic carbocycles. The van der Waals surface area contributed by atoms with E-state index in [9.17, 15) is 14.4 Å². The van der Waals surface area contributed by atoms with E-state index in [0.717, 1.165) is 12.8 Å². The van der Waals surface area contributed by atoms with Crippen LogP contribution in [0, 0.1) is 0 Å². The summed E-state index contributed by atoms with van der Waals surface area (Å²) in [5.41, 5.74) is 0.902. The van der Waals surface area contributed by atoms with Crippen molar-refractivity contribution in [1.29, 1.82) is 0 Å². The molecule has 1 aliphatic heterocycles. The molecule has 2 heterocycles. The van der Waals surface area contributed by atoms with Crippen LogP contribution in [0.15, 0.2) is 66.0 Å². The number of hydrogen-bond acceptors (Lipinski definition) is 6. The van der Waals surface area contributed by atoms with E-state index in [1.54, 1.807) is 60.0 Å². The highest BCUT2D eigenvalue weighted by atomic mass is 35.5. The number of rotatable bonds is 10. The van der Waals surface area contributed by atoms with Crippen molar-refractivity contribution in [3.63, 3.8) is 0 Å². The molecule has 0 bridgehead atoms. The van der Waals surface area contributed by atoms with Crippen molar-refractivity contribution in [3.05, 3.63) is 81.5 Å². The average Bonchev–Trinajstić information content (AvgIpc) is 3.64. The third-order valence-corrected chi connectivity index (χ3v) is 7.07. The molecule has 10 heteroatoms. The summed E-state index contributed by atoms with van der Waals surface area (Å²) in [6.45, 7) is 0.650. The molecule has 2 N–H and O–H groups in total. The van der Waals surface area contributed by atoms with E-state index in [2.05, 4.69) is 10.6 Å². The zero-order valence-electron chi connectivity index (χ0n) is 20.3. The first kappa shape index (κ1) is 26.7. The molecule has 194 valence electrons. The summed E-state index contributed by atoms with van der Waals surface area (Å²) < 4.78 is 11.2. The van der Waals surface area contributed by atoms with Crippen molar-refractivity contribution in [2.24, 2.45) is 0 Å². The normalized spacial score (nSPS) is 15.6. The molecule has 0 radical (unpaired) electrons. The summed E-state index contributed by atoms with van der Waals surface area (Å²) in [4.78, 5) is 41.9. The highest BCUT2D eigenvalue weighted by molar-refractivity contribution is 7.12. The molecular formula is C27H28ClN3O5S. The van der Waals surface area contributed by atoms with Crippen molar-refractivity contribution >= 4 is 46.3 Å². The second-order valence-electron chi connectivity index (χ2n) is 8.43. The number of anilines is 1. The van der Waals surface area contributed by atoms with Gasteiger partial charge in [0.15, 0.2) is 0 Å². The Hall–Kier alpha value is -3.40. The molecule has 3 amide bonds. The molecule has 1 aliphatic rings. The fraction of sp³-hybridized carbons (Fsp3) is 0.296. The Kier molecular flexibility index (Phi) is 9.16. The summed E-state index contributed by atoms with van der Waals surface area (Å²) in [5, 5.41) is 7.76. The minimum Gasteiger partial charge on any atom is -0.495 e. The molecule has 3 aromatic rings. The standard InChI is InChI=1S/C27H28ClN3O5S/c1-35-22-12-11-19(28)15-21(22)31(24(32)17-30-26(33)23-10-6-14-37-23)25(18-7-3-2-4-8-18)27(34)29-16-20-9-5-13-36-20/h2-4,6-8,10-12,14-15,20,25H,5,9,13,16-17H2,1H3,(H,29,34)(H,30,33). The van der Waals surface area contributed by atoms with Crippen LogP contribution in [0.25, 0.3) is 0 Å². The van der Waals surface area contributed by atoms with Crippen LogP contribution in [0.1, 0.15) is 34.1 Å². The molecule has 1 fully saturated rings. The third-order valence-electron chi connectivity index (χ3n) is 5.96. The number of ether oxygens (including phenoxy) is 2. The molecule has 37 heavy (non-hydrogen) atoms. The Morgan fingerprint density at radius 2 is 1.95 bits per heavy atom. The quantitative estimate of drug-likeness (QED) is 0.401. The first-order valence-corrected chi connectivity index (χ1v) is 13.1. The SMILES string of the molecule is COc1ccc(Cl)cc1N(C(=O)CNC(=O)c1cccs1)C(C(=O)NCC1CCCO1)c1ccccc1. The zero-order valence-corrected chi connectivity index (χ0v) is 21.9. The molecule has 0 saturated carbocycles. The number of nitrogens with zero attached hydrogens (tertiary/aromatic N) is 1. The van der Waals surface area contributed by atoms with Crippen molar-refractivity contribution in [2.45, 2.75) is 25.0 Å². The van der Waals surface area contributed by atoms with E-state index in [-0.39, 0.29) is 24.5 Å². The number of methoxy groups -OCH3 is 1. The van der Waals surface area contributed by atoms with Crippen molar-refractivity contribution in [3.8, 4) is 5.75 Å². The molecular weight excluding hydrogens is 514 g/mol. The van der Waals surface area contributed by atoms with Crippen molar-refractivity contribution in [1.82, 2.24) is 10.6 Å². The lowest BCUT2D eigenvalue weighted by atomic mass is 10.0. The zero-order chi connectivity index (χ0) is 26.2. The Morgan fingerprint density at radius 1 is 1.14 bits per heavy atom. The number of hydrogen-bond donors (Lipinski definition) is 2. The van der Waals surface area contributed by atoms with Crippen molar-refractivity contribution < 1.29 is 23.9 Å². The Labute approximate surface area is 224 Å². The van der Waals surface area contributed by atoms with Crippen LogP contribution in [-0.4, -0.2) is 50.6 Å². The summed E-state index contributed by atoms with van der Waals surface area (Å²) in [6.07, 6.45) is 1.72. The fourth-order valence-electron chi connectivity index (χ4n) is 4.17. The van der Waals surface area contributed by atoms with Crippen LogP contribution in [0.3, 0.4) is 0 Å². The molecule has 4 rings (SSSR count). The van der Waals surface area contributed by atoms with Crippen molar-refractivity contribution in [2.75, 3.05) is 31.7 Å². The average molecular weight is 542 g/mol. The second-order valence-corrected chi connectivity index (χ2v) is 9.82. The van der Waals surface area contributed by atoms with Gasteiger partial charge in [-0.2, -0.15) is 0 Å². The molecule has 1 saturated heterocycles. The number of carbonyl (C=O) groups is 3. The van der Waals surface area contributed by atoms with Gasteiger partial charge >= 0.3 is 0 Å². The summed E-state index contributed by atoms with van der Waals surface area (Å²) in [6, 6.07) is 16.2. The van der Waals surface area contributed by atoms with Gasteiger partial charge in [-0.25, -0.2) is 0 Å². The predicted molar refractivity (Wildman–Crippen MR) is 143 cm³/mol. The van der Waals surface area contributed by atoms with Crippen LogP contribution in [0.2, 0.25) is 5.02 Å². The van der Waals surface area contributed by atoms with Crippen LogP contribution in [0.4, 0.5) is 5.69 Å². The van der Waals surface area contributed by atoms with E-state index < -0.39 is 11.9 Å². The summed E-state index contributed by atoms with van der Waals surface area (Å²) in [7, 11) is 1.48. The molecule has 2 aromatic carbocycles. The predicted octanol–water partition coefficient (Wildman–Crippen LogP) is 4.21. The van der Waals surface area contributed by atoms with Gasteiger partial charge in [-0.1, -0.05) is 48.0 Å². The molecule has 0 spiro atoms. The minimum atomic E-state index is -1.05. The van der Waals surface area contributed by atoms with Crippen LogP contribution in [0.5, 0.6) is 5.75 Å². The Balaban J connectivity index is 1.70. The maximum atomic E-state index is 13.8. The van der Waals surface area contributed by atoms with Gasteiger partial charge in [-0.3, -0.25) is 19.3 Å². The van der Waals surface area contributed by atoms with E-state index in [0.29, 0.717) is 40.1 Å². The number of halogens is 1. The molecule has 1 aromatic heterocycles. The molecule has 2 unspecified atom stereocenters. The van der Waals surface area contributed by atoms with E-state index in [1.807, 2.05) is 6.07 Å². The molecule has 8 nitrogen and oxygen atoms in total. The van der Waals surface area contributed by atoms with Crippen LogP contribution in [-0.2, 0) is 14.3 Å². The van der Waals surface area contributed by atoms with Gasteiger partial charge in [-0.15, -0.1) is 11.3 Å². The number of thiophene rings is 1. The Morgan fingerprint density at radius 3 is 2.62 bits per heavy atom. The highest BCUT2D eigenvalue weighted by Crippen LogP contribution is 2.37. The van der Waals surface area contributed by atoms with Crippen LogP contribution < -0.4 is 20.3 Å². The maximum absolute atomic E-state index is 13.8. The maximum Gasteiger partial charge on any atom is 0.261 e. The molecule has 2 atom stereocenters. The fourth-order valence-corrected chi connectivity index (χ4v) is 4.98.